The number of nitrogens with zero attached hydrogens (tertiary/aromatic N) is 6. The van der Waals surface area contributed by atoms with Crippen LogP contribution < -0.4 is 10.2 Å². The summed E-state index contributed by atoms with van der Waals surface area (Å²) in [5, 5.41) is 3.93. The van der Waals surface area contributed by atoms with Crippen molar-refractivity contribution >= 4 is 29.3 Å². The minimum atomic E-state index is -2.58. The molecule has 0 bridgehead atoms. The van der Waals surface area contributed by atoms with Crippen molar-refractivity contribution in [2.45, 2.75) is 50.6 Å². The molecule has 0 unspecified atom stereocenters. The molecule has 1 saturated carbocycles. The zero-order valence-electron chi connectivity index (χ0n) is 17.1. The van der Waals surface area contributed by atoms with E-state index >= 15 is 0 Å². The van der Waals surface area contributed by atoms with Crippen LogP contribution in [-0.4, -0.2) is 74.6 Å². The van der Waals surface area contributed by atoms with E-state index in [9.17, 15) is 13.6 Å². The third-order valence-corrected chi connectivity index (χ3v) is 6.74. The number of aryl methyl sites for hydroxylation is 1. The van der Waals surface area contributed by atoms with Crippen molar-refractivity contribution in [1.29, 1.82) is 0 Å². The van der Waals surface area contributed by atoms with Crippen LogP contribution in [-0.2, 0) is 4.74 Å². The summed E-state index contributed by atoms with van der Waals surface area (Å²) in [5.74, 6) is -0.184. The minimum absolute atomic E-state index is 0.0135. The average Bonchev–Trinajstić information content (AvgIpc) is 3.35. The molecule has 2 aromatic rings. The Hall–Kier alpha value is -2.63. The van der Waals surface area contributed by atoms with E-state index in [2.05, 4.69) is 24.6 Å². The zero-order valence-corrected chi connectivity index (χ0v) is 17.9. The first-order valence-electron chi connectivity index (χ1n) is 10.4. The second kappa shape index (κ2) is 7.81. The summed E-state index contributed by atoms with van der Waals surface area (Å²) in [5.41, 5.74) is 0. The van der Waals surface area contributed by atoms with Crippen LogP contribution >= 0.6 is 11.5 Å². The average molecular weight is 452 g/mol. The normalized spacial score (nSPS) is 23.6. The second-order valence-corrected chi connectivity index (χ2v) is 8.98. The van der Waals surface area contributed by atoms with Crippen LogP contribution in [0.3, 0.4) is 0 Å². The van der Waals surface area contributed by atoms with E-state index in [0.717, 1.165) is 0 Å². The maximum Gasteiger partial charge on any atom is 0.410 e. The number of nitrogens with one attached hydrogen (secondary N) is 1. The van der Waals surface area contributed by atoms with Gasteiger partial charge in [0.1, 0.15) is 24.1 Å². The lowest BCUT2D eigenvalue weighted by Gasteiger charge is -2.36. The number of fused-ring (bicyclic) bond motifs is 1. The summed E-state index contributed by atoms with van der Waals surface area (Å²) in [4.78, 5) is 29.4. The number of halogens is 2. The van der Waals surface area contributed by atoms with E-state index in [-0.39, 0.29) is 31.0 Å². The molecule has 5 rings (SSSR count). The number of carbonyl (C=O) groups is 1. The minimum Gasteiger partial charge on any atom is -0.447 e. The number of carbonyl (C=O) groups excluding carboxylic acids is 1. The van der Waals surface area contributed by atoms with E-state index in [1.807, 2.05) is 13.0 Å². The molecule has 1 atom stereocenters. The molecule has 31 heavy (non-hydrogen) atoms. The molecule has 9 nitrogen and oxygen atoms in total. The van der Waals surface area contributed by atoms with Crippen LogP contribution in [0.2, 0.25) is 0 Å². The predicted octanol–water partition coefficient (Wildman–Crippen LogP) is 2.93. The summed E-state index contributed by atoms with van der Waals surface area (Å²) in [6, 6.07) is 1.77. The highest BCUT2D eigenvalue weighted by Gasteiger charge is 2.38. The molecule has 2 saturated heterocycles. The second-order valence-electron chi connectivity index (χ2n) is 8.23. The van der Waals surface area contributed by atoms with Crippen molar-refractivity contribution in [3.63, 3.8) is 0 Å². The SMILES string of the molecule is Cc1nsc(-c2nc(NC3CCC(F)(F)CC3)cc(N3CCN4C(=O)OC[C@H]4C3)n2)n1. The molecular weight excluding hydrogens is 428 g/mol. The molecule has 4 heterocycles. The number of amides is 1. The number of cyclic esters (lactones) is 1. The van der Waals surface area contributed by atoms with Gasteiger partial charge in [0, 0.05) is 44.6 Å². The van der Waals surface area contributed by atoms with Gasteiger partial charge in [-0.2, -0.15) is 4.37 Å². The Morgan fingerprint density at radius 2 is 2.03 bits per heavy atom. The van der Waals surface area contributed by atoms with Gasteiger partial charge in [-0.15, -0.1) is 0 Å². The molecule has 3 fully saturated rings. The van der Waals surface area contributed by atoms with Crippen molar-refractivity contribution < 1.29 is 18.3 Å². The van der Waals surface area contributed by atoms with Gasteiger partial charge in [0.05, 0.1) is 6.04 Å². The fraction of sp³-hybridized carbons (Fsp3) is 0.632. The number of hydrogen-bond donors (Lipinski definition) is 1. The van der Waals surface area contributed by atoms with Gasteiger partial charge in [0.15, 0.2) is 10.8 Å². The lowest BCUT2D eigenvalue weighted by molar-refractivity contribution is -0.0361. The predicted molar refractivity (Wildman–Crippen MR) is 111 cm³/mol. The van der Waals surface area contributed by atoms with Crippen LogP contribution in [0.4, 0.5) is 25.2 Å². The van der Waals surface area contributed by atoms with E-state index in [0.29, 0.717) is 67.4 Å². The van der Waals surface area contributed by atoms with Crippen LogP contribution in [0.1, 0.15) is 31.5 Å². The number of anilines is 2. The van der Waals surface area contributed by atoms with Crippen molar-refractivity contribution in [2.24, 2.45) is 0 Å². The van der Waals surface area contributed by atoms with Gasteiger partial charge in [-0.1, -0.05) is 0 Å². The van der Waals surface area contributed by atoms with Crippen LogP contribution in [0.25, 0.3) is 10.8 Å². The maximum atomic E-state index is 13.5. The number of ether oxygens (including phenoxy) is 1. The molecule has 1 aliphatic carbocycles. The molecule has 1 N–H and O–H groups in total. The number of alkyl halides is 2. The summed E-state index contributed by atoms with van der Waals surface area (Å²) < 4.78 is 36.4. The van der Waals surface area contributed by atoms with E-state index in [4.69, 9.17) is 9.72 Å². The summed E-state index contributed by atoms with van der Waals surface area (Å²) in [6.07, 6.45) is 0.263. The summed E-state index contributed by atoms with van der Waals surface area (Å²) in [6.45, 7) is 3.95. The topological polar surface area (TPSA) is 96.4 Å². The molecule has 1 amide bonds. The first kappa shape index (κ1) is 20.3. The maximum absolute atomic E-state index is 13.5. The molecular formula is C19H23F2N7O2S. The molecule has 2 aromatic heterocycles. The van der Waals surface area contributed by atoms with Gasteiger partial charge < -0.3 is 15.0 Å². The van der Waals surface area contributed by atoms with E-state index in [1.165, 1.54) is 11.5 Å². The van der Waals surface area contributed by atoms with Crippen LogP contribution in [0.5, 0.6) is 0 Å². The molecule has 0 radical (unpaired) electrons. The monoisotopic (exact) mass is 451 g/mol. The van der Waals surface area contributed by atoms with Crippen molar-refractivity contribution in [3.05, 3.63) is 11.9 Å². The van der Waals surface area contributed by atoms with E-state index in [1.54, 1.807) is 4.90 Å². The van der Waals surface area contributed by atoms with Crippen LogP contribution in [0.15, 0.2) is 6.07 Å². The lowest BCUT2D eigenvalue weighted by Crippen LogP contribution is -2.52. The van der Waals surface area contributed by atoms with E-state index < -0.39 is 5.92 Å². The molecule has 0 aromatic carbocycles. The molecule has 0 spiro atoms. The van der Waals surface area contributed by atoms with Crippen molar-refractivity contribution in [3.8, 4) is 10.8 Å². The Labute approximate surface area is 182 Å². The van der Waals surface area contributed by atoms with Crippen LogP contribution in [0, 0.1) is 6.92 Å². The fourth-order valence-electron chi connectivity index (χ4n) is 4.24. The summed E-state index contributed by atoms with van der Waals surface area (Å²) in [7, 11) is 0. The Morgan fingerprint density at radius 1 is 1.23 bits per heavy atom. The number of rotatable bonds is 4. The molecule has 166 valence electrons. The van der Waals surface area contributed by atoms with Crippen molar-refractivity contribution in [2.75, 3.05) is 36.5 Å². The van der Waals surface area contributed by atoms with Crippen molar-refractivity contribution in [1.82, 2.24) is 24.2 Å². The number of piperazine rings is 1. The third kappa shape index (κ3) is 4.25. The lowest BCUT2D eigenvalue weighted by atomic mass is 9.92. The van der Waals surface area contributed by atoms with Gasteiger partial charge in [0.2, 0.25) is 5.92 Å². The first-order chi connectivity index (χ1) is 14.9. The van der Waals surface area contributed by atoms with Gasteiger partial charge in [-0.25, -0.2) is 28.5 Å². The number of hydrogen-bond acceptors (Lipinski definition) is 9. The number of aromatic nitrogens is 4. The largest absolute Gasteiger partial charge is 0.447 e. The fourth-order valence-corrected chi connectivity index (χ4v) is 4.85. The highest BCUT2D eigenvalue weighted by Crippen LogP contribution is 2.35. The Balaban J connectivity index is 1.40. The molecule has 2 aliphatic heterocycles. The first-order valence-corrected chi connectivity index (χ1v) is 11.2. The quantitative estimate of drug-likeness (QED) is 0.758. The standard InChI is InChI=1S/C19H23F2N7O2S/c1-11-22-17(31-26-11)16-24-14(23-12-2-4-19(20,21)5-3-12)8-15(25-16)27-6-7-28-13(9-27)10-30-18(28)29/h8,12-13H,2-7,9-10H2,1H3,(H,23,24,25)/t13-/m1/s1. The van der Waals surface area contributed by atoms with Gasteiger partial charge in [-0.05, 0) is 31.3 Å². The highest BCUT2D eigenvalue weighted by atomic mass is 32.1. The highest BCUT2D eigenvalue weighted by molar-refractivity contribution is 7.09. The molecule has 12 heteroatoms. The zero-order chi connectivity index (χ0) is 21.6. The smallest absolute Gasteiger partial charge is 0.410 e. The Kier molecular flexibility index (Phi) is 5.11. The summed E-state index contributed by atoms with van der Waals surface area (Å²) >= 11 is 1.22. The Bertz CT molecular complexity index is 978. The van der Waals surface area contributed by atoms with Gasteiger partial charge in [0.25, 0.3) is 0 Å². The van der Waals surface area contributed by atoms with Gasteiger partial charge >= 0.3 is 6.09 Å². The van der Waals surface area contributed by atoms with Gasteiger partial charge in [-0.3, -0.25) is 4.90 Å². The molecule has 3 aliphatic rings. The Morgan fingerprint density at radius 3 is 2.77 bits per heavy atom. The third-order valence-electron chi connectivity index (χ3n) is 5.94.